The number of hydrogen-bond donors (Lipinski definition) is 2. The first-order valence-electron chi connectivity index (χ1n) is 7.79. The average molecular weight is 276 g/mol. The monoisotopic (exact) mass is 276 g/mol. The van der Waals surface area contributed by atoms with Crippen molar-refractivity contribution >= 4 is 11.4 Å². The maximum absolute atomic E-state index is 5.92. The molecule has 1 aromatic carbocycles. The molecule has 3 N–H and O–H groups in total. The third kappa shape index (κ3) is 4.12. The summed E-state index contributed by atoms with van der Waals surface area (Å²) in [6.07, 6.45) is 1.01. The predicted octanol–water partition coefficient (Wildman–Crippen LogP) is 1.98. The van der Waals surface area contributed by atoms with E-state index in [1.54, 1.807) is 0 Å². The molecule has 112 valence electrons. The normalized spacial score (nSPS) is 18.1. The van der Waals surface area contributed by atoms with Gasteiger partial charge in [-0.05, 0) is 37.2 Å². The highest BCUT2D eigenvalue weighted by atomic mass is 15.3. The second-order valence-electron chi connectivity index (χ2n) is 5.52. The quantitative estimate of drug-likeness (QED) is 0.834. The molecule has 1 fully saturated rings. The van der Waals surface area contributed by atoms with Gasteiger partial charge in [-0.15, -0.1) is 0 Å². The number of rotatable bonds is 6. The fourth-order valence-corrected chi connectivity index (χ4v) is 2.51. The van der Waals surface area contributed by atoms with Crippen molar-refractivity contribution in [1.29, 1.82) is 0 Å². The summed E-state index contributed by atoms with van der Waals surface area (Å²) in [4.78, 5) is 4.96. The summed E-state index contributed by atoms with van der Waals surface area (Å²) in [7, 11) is 0. The van der Waals surface area contributed by atoms with Gasteiger partial charge in [-0.2, -0.15) is 0 Å². The lowest BCUT2D eigenvalue weighted by Gasteiger charge is -2.35. The summed E-state index contributed by atoms with van der Waals surface area (Å²) in [5.74, 6) is 0. The highest BCUT2D eigenvalue weighted by Gasteiger charge is 2.15. The van der Waals surface area contributed by atoms with Gasteiger partial charge in [0.2, 0.25) is 0 Å². The molecule has 1 aliphatic rings. The van der Waals surface area contributed by atoms with Crippen molar-refractivity contribution in [1.82, 2.24) is 4.90 Å². The SMILES string of the molecule is CCC(N)CNc1ccc(N2CCN(CC)CC2)cc1. The molecule has 0 aliphatic carbocycles. The maximum Gasteiger partial charge on any atom is 0.0368 e. The number of anilines is 2. The molecule has 4 nitrogen and oxygen atoms in total. The molecular formula is C16H28N4. The lowest BCUT2D eigenvalue weighted by molar-refractivity contribution is 0.271. The first-order valence-corrected chi connectivity index (χ1v) is 7.79. The van der Waals surface area contributed by atoms with Crippen LogP contribution in [0.15, 0.2) is 24.3 Å². The average Bonchev–Trinajstić information content (AvgIpc) is 2.53. The van der Waals surface area contributed by atoms with Crippen molar-refractivity contribution in [2.75, 3.05) is 49.5 Å². The summed E-state index contributed by atoms with van der Waals surface area (Å²) >= 11 is 0. The van der Waals surface area contributed by atoms with E-state index in [4.69, 9.17) is 5.73 Å². The van der Waals surface area contributed by atoms with Gasteiger partial charge in [0.25, 0.3) is 0 Å². The first-order chi connectivity index (χ1) is 9.72. The van der Waals surface area contributed by atoms with E-state index in [1.807, 2.05) is 0 Å². The number of nitrogens with two attached hydrogens (primary N) is 1. The number of nitrogens with one attached hydrogen (secondary N) is 1. The van der Waals surface area contributed by atoms with Crippen LogP contribution in [0.2, 0.25) is 0 Å². The Morgan fingerprint density at radius 2 is 1.75 bits per heavy atom. The van der Waals surface area contributed by atoms with Crippen molar-refractivity contribution in [3.05, 3.63) is 24.3 Å². The fourth-order valence-electron chi connectivity index (χ4n) is 2.51. The number of hydrogen-bond acceptors (Lipinski definition) is 4. The van der Waals surface area contributed by atoms with Crippen LogP contribution in [-0.4, -0.2) is 50.2 Å². The summed E-state index contributed by atoms with van der Waals surface area (Å²) in [6.45, 7) is 10.9. The smallest absolute Gasteiger partial charge is 0.0368 e. The van der Waals surface area contributed by atoms with Gasteiger partial charge in [0.1, 0.15) is 0 Å². The molecular weight excluding hydrogens is 248 g/mol. The molecule has 0 aromatic heterocycles. The Morgan fingerprint density at radius 1 is 1.10 bits per heavy atom. The van der Waals surface area contributed by atoms with E-state index in [2.05, 4.69) is 53.2 Å². The molecule has 2 rings (SSSR count). The summed E-state index contributed by atoms with van der Waals surface area (Å²) in [6, 6.07) is 8.97. The molecule has 0 saturated carbocycles. The Hall–Kier alpha value is -1.26. The van der Waals surface area contributed by atoms with Gasteiger partial charge >= 0.3 is 0 Å². The molecule has 0 spiro atoms. The highest BCUT2D eigenvalue weighted by Crippen LogP contribution is 2.19. The van der Waals surface area contributed by atoms with Crippen LogP contribution < -0.4 is 16.0 Å². The van der Waals surface area contributed by atoms with Crippen molar-refractivity contribution in [2.24, 2.45) is 5.73 Å². The molecule has 4 heteroatoms. The first kappa shape index (κ1) is 15.1. The van der Waals surface area contributed by atoms with E-state index in [9.17, 15) is 0 Å². The van der Waals surface area contributed by atoms with Crippen LogP contribution in [0.3, 0.4) is 0 Å². The van der Waals surface area contributed by atoms with Gasteiger partial charge in [0, 0.05) is 50.1 Å². The number of piperazine rings is 1. The van der Waals surface area contributed by atoms with E-state index < -0.39 is 0 Å². The van der Waals surface area contributed by atoms with Crippen molar-refractivity contribution < 1.29 is 0 Å². The summed E-state index contributed by atoms with van der Waals surface area (Å²) in [5.41, 5.74) is 8.40. The van der Waals surface area contributed by atoms with Gasteiger partial charge in [-0.3, -0.25) is 0 Å². The Balaban J connectivity index is 1.85. The minimum Gasteiger partial charge on any atom is -0.383 e. The predicted molar refractivity (Wildman–Crippen MR) is 87.5 cm³/mol. The molecule has 0 amide bonds. The molecule has 20 heavy (non-hydrogen) atoms. The minimum absolute atomic E-state index is 0.233. The van der Waals surface area contributed by atoms with Gasteiger partial charge in [0.05, 0.1) is 0 Å². The van der Waals surface area contributed by atoms with Crippen LogP contribution >= 0.6 is 0 Å². The number of nitrogens with zero attached hydrogens (tertiary/aromatic N) is 2. The zero-order valence-electron chi connectivity index (χ0n) is 12.8. The standard InChI is InChI=1S/C16H28N4/c1-3-14(17)13-18-15-5-7-16(8-6-15)20-11-9-19(4-2)10-12-20/h5-8,14,18H,3-4,9-13,17H2,1-2H3. The molecule has 1 atom stereocenters. The van der Waals surface area contributed by atoms with Crippen molar-refractivity contribution in [2.45, 2.75) is 26.3 Å². The zero-order chi connectivity index (χ0) is 14.4. The van der Waals surface area contributed by atoms with Gasteiger partial charge in [0.15, 0.2) is 0 Å². The third-order valence-corrected chi connectivity index (χ3v) is 4.14. The molecule has 0 radical (unpaired) electrons. The largest absolute Gasteiger partial charge is 0.383 e. The van der Waals surface area contributed by atoms with Crippen LogP contribution in [0.5, 0.6) is 0 Å². The zero-order valence-corrected chi connectivity index (χ0v) is 12.8. The lowest BCUT2D eigenvalue weighted by Crippen LogP contribution is -2.46. The topological polar surface area (TPSA) is 44.5 Å². The van der Waals surface area contributed by atoms with Crippen LogP contribution in [0.25, 0.3) is 0 Å². The fraction of sp³-hybridized carbons (Fsp3) is 0.625. The van der Waals surface area contributed by atoms with Crippen LogP contribution in [0.4, 0.5) is 11.4 Å². The summed E-state index contributed by atoms with van der Waals surface area (Å²) < 4.78 is 0. The van der Waals surface area contributed by atoms with Crippen molar-refractivity contribution in [3.63, 3.8) is 0 Å². The molecule has 1 aliphatic heterocycles. The third-order valence-electron chi connectivity index (χ3n) is 4.14. The Labute approximate surface area is 122 Å². The Kier molecular flexibility index (Phi) is 5.68. The number of likely N-dealkylation sites (N-methyl/N-ethyl adjacent to an activating group) is 1. The second kappa shape index (κ2) is 7.50. The lowest BCUT2D eigenvalue weighted by atomic mass is 10.2. The van der Waals surface area contributed by atoms with E-state index >= 15 is 0 Å². The Bertz CT molecular complexity index is 382. The van der Waals surface area contributed by atoms with Crippen molar-refractivity contribution in [3.8, 4) is 0 Å². The van der Waals surface area contributed by atoms with E-state index in [-0.39, 0.29) is 6.04 Å². The molecule has 1 aromatic rings. The van der Waals surface area contributed by atoms with Crippen LogP contribution in [0.1, 0.15) is 20.3 Å². The van der Waals surface area contributed by atoms with Gasteiger partial charge < -0.3 is 20.9 Å². The second-order valence-corrected chi connectivity index (χ2v) is 5.52. The van der Waals surface area contributed by atoms with Crippen LogP contribution in [-0.2, 0) is 0 Å². The molecule has 0 bridgehead atoms. The minimum atomic E-state index is 0.233. The highest BCUT2D eigenvalue weighted by molar-refractivity contribution is 5.55. The maximum atomic E-state index is 5.92. The van der Waals surface area contributed by atoms with Crippen LogP contribution in [0, 0.1) is 0 Å². The molecule has 1 heterocycles. The summed E-state index contributed by atoms with van der Waals surface area (Å²) in [5, 5.41) is 3.39. The number of benzene rings is 1. The Morgan fingerprint density at radius 3 is 2.30 bits per heavy atom. The van der Waals surface area contributed by atoms with E-state index in [1.165, 1.54) is 18.8 Å². The van der Waals surface area contributed by atoms with Gasteiger partial charge in [-0.25, -0.2) is 0 Å². The van der Waals surface area contributed by atoms with Gasteiger partial charge in [-0.1, -0.05) is 13.8 Å². The molecule has 1 saturated heterocycles. The van der Waals surface area contributed by atoms with E-state index in [0.29, 0.717) is 0 Å². The van der Waals surface area contributed by atoms with E-state index in [0.717, 1.165) is 38.3 Å². The molecule has 1 unspecified atom stereocenters.